The van der Waals surface area contributed by atoms with E-state index < -0.39 is 17.6 Å². The Kier molecular flexibility index (Phi) is 7.84. The number of ether oxygens (including phenoxy) is 3. The first-order valence-electron chi connectivity index (χ1n) is 10.5. The van der Waals surface area contributed by atoms with Gasteiger partial charge in [0.05, 0.1) is 43.9 Å². The molecule has 2 aromatic rings. The molecule has 32 heavy (non-hydrogen) atoms. The van der Waals surface area contributed by atoms with Gasteiger partial charge < -0.3 is 24.4 Å². The van der Waals surface area contributed by atoms with Gasteiger partial charge in [-0.3, -0.25) is 4.79 Å². The number of nitrogens with one attached hydrogen (secondary N) is 1. The molecule has 6 nitrogen and oxygen atoms in total. The van der Waals surface area contributed by atoms with Gasteiger partial charge in [0, 0.05) is 18.7 Å². The Balaban J connectivity index is 1.86. The summed E-state index contributed by atoms with van der Waals surface area (Å²) in [5.74, 6) is 0.342. The standard InChI is InChI=1S/C23H27F3N2O4/c1-3-4-11-32-20-8-5-16(14-21(20)30-2)22(29)27-18-15-17(23(24,25)26)6-7-19(18)28-9-12-31-13-10-28/h5-8,14-15H,3-4,9-13H2,1-2H3,(H,27,29). The first-order valence-corrected chi connectivity index (χ1v) is 10.5. The first-order chi connectivity index (χ1) is 15.3. The third-order valence-electron chi connectivity index (χ3n) is 5.11. The van der Waals surface area contributed by atoms with E-state index in [0.717, 1.165) is 25.0 Å². The van der Waals surface area contributed by atoms with Crippen molar-refractivity contribution >= 4 is 17.3 Å². The monoisotopic (exact) mass is 452 g/mol. The van der Waals surface area contributed by atoms with Crippen molar-refractivity contribution in [1.29, 1.82) is 0 Å². The van der Waals surface area contributed by atoms with E-state index in [4.69, 9.17) is 14.2 Å². The van der Waals surface area contributed by atoms with Crippen LogP contribution in [0.2, 0.25) is 0 Å². The Morgan fingerprint density at radius 2 is 1.88 bits per heavy atom. The molecule has 0 atom stereocenters. The van der Waals surface area contributed by atoms with E-state index in [0.29, 0.717) is 50.1 Å². The van der Waals surface area contributed by atoms with Gasteiger partial charge in [-0.1, -0.05) is 13.3 Å². The Hall–Kier alpha value is -2.94. The normalized spacial score (nSPS) is 14.2. The van der Waals surface area contributed by atoms with Gasteiger partial charge in [0.2, 0.25) is 0 Å². The van der Waals surface area contributed by atoms with Gasteiger partial charge in [0.25, 0.3) is 5.91 Å². The van der Waals surface area contributed by atoms with Gasteiger partial charge in [-0.05, 0) is 42.8 Å². The van der Waals surface area contributed by atoms with E-state index in [2.05, 4.69) is 5.32 Å². The zero-order valence-electron chi connectivity index (χ0n) is 18.1. The molecule has 0 radical (unpaired) electrons. The summed E-state index contributed by atoms with van der Waals surface area (Å²) < 4.78 is 56.2. The average molecular weight is 452 g/mol. The number of hydrogen-bond donors (Lipinski definition) is 1. The van der Waals surface area contributed by atoms with Crippen LogP contribution in [-0.4, -0.2) is 45.9 Å². The Labute approximate surface area is 185 Å². The molecule has 3 rings (SSSR count). The number of nitrogens with zero attached hydrogens (tertiary/aromatic N) is 1. The van der Waals surface area contributed by atoms with Crippen LogP contribution in [-0.2, 0) is 10.9 Å². The Morgan fingerprint density at radius 3 is 2.53 bits per heavy atom. The smallest absolute Gasteiger partial charge is 0.416 e. The molecule has 1 fully saturated rings. The fraction of sp³-hybridized carbons (Fsp3) is 0.435. The van der Waals surface area contributed by atoms with Crippen LogP contribution >= 0.6 is 0 Å². The SMILES string of the molecule is CCCCOc1ccc(C(=O)Nc2cc(C(F)(F)F)ccc2N2CCOCC2)cc1OC. The van der Waals surface area contributed by atoms with Crippen molar-refractivity contribution in [3.8, 4) is 11.5 Å². The third-order valence-corrected chi connectivity index (χ3v) is 5.11. The molecular weight excluding hydrogens is 425 g/mol. The van der Waals surface area contributed by atoms with Crippen molar-refractivity contribution in [1.82, 2.24) is 0 Å². The number of amides is 1. The second kappa shape index (κ2) is 10.6. The van der Waals surface area contributed by atoms with Crippen LogP contribution in [0.3, 0.4) is 0 Å². The summed E-state index contributed by atoms with van der Waals surface area (Å²) in [7, 11) is 1.47. The van der Waals surface area contributed by atoms with Crippen molar-refractivity contribution in [2.75, 3.05) is 50.2 Å². The lowest BCUT2D eigenvalue weighted by Gasteiger charge is -2.31. The van der Waals surface area contributed by atoms with Crippen molar-refractivity contribution in [2.24, 2.45) is 0 Å². The van der Waals surface area contributed by atoms with E-state index in [1.165, 1.54) is 19.2 Å². The third kappa shape index (κ3) is 5.85. The van der Waals surface area contributed by atoms with Crippen LogP contribution in [0.4, 0.5) is 24.5 Å². The maximum atomic E-state index is 13.3. The number of benzene rings is 2. The van der Waals surface area contributed by atoms with E-state index in [1.807, 2.05) is 11.8 Å². The second-order valence-corrected chi connectivity index (χ2v) is 7.35. The summed E-state index contributed by atoms with van der Waals surface area (Å²) in [4.78, 5) is 14.8. The van der Waals surface area contributed by atoms with Crippen molar-refractivity contribution in [2.45, 2.75) is 25.9 Å². The van der Waals surface area contributed by atoms with Crippen LogP contribution in [0.25, 0.3) is 0 Å². The highest BCUT2D eigenvalue weighted by Crippen LogP contribution is 2.36. The first kappa shape index (κ1) is 23.7. The summed E-state index contributed by atoms with van der Waals surface area (Å²) in [6.45, 7) is 4.53. The largest absolute Gasteiger partial charge is 0.493 e. The van der Waals surface area contributed by atoms with E-state index in [9.17, 15) is 18.0 Å². The molecule has 0 aliphatic carbocycles. The second-order valence-electron chi connectivity index (χ2n) is 7.35. The number of unbranched alkanes of at least 4 members (excludes halogenated alkanes) is 1. The molecule has 1 N–H and O–H groups in total. The van der Waals surface area contributed by atoms with Crippen LogP contribution in [0, 0.1) is 0 Å². The van der Waals surface area contributed by atoms with E-state index >= 15 is 0 Å². The van der Waals surface area contributed by atoms with E-state index in [1.54, 1.807) is 12.1 Å². The molecule has 1 heterocycles. The minimum absolute atomic E-state index is 0.0916. The van der Waals surface area contributed by atoms with Gasteiger partial charge in [-0.15, -0.1) is 0 Å². The van der Waals surface area contributed by atoms with Crippen molar-refractivity contribution < 1.29 is 32.2 Å². The summed E-state index contributed by atoms with van der Waals surface area (Å²) in [6.07, 6.45) is -2.67. The average Bonchev–Trinajstić information content (AvgIpc) is 2.79. The highest BCUT2D eigenvalue weighted by Gasteiger charge is 2.32. The molecule has 0 unspecified atom stereocenters. The van der Waals surface area contributed by atoms with Crippen LogP contribution in [0.15, 0.2) is 36.4 Å². The number of alkyl halides is 3. The molecule has 9 heteroatoms. The van der Waals surface area contributed by atoms with E-state index in [-0.39, 0.29) is 11.3 Å². The summed E-state index contributed by atoms with van der Waals surface area (Å²) in [5.41, 5.74) is 0.0205. The zero-order valence-corrected chi connectivity index (χ0v) is 18.1. The fourth-order valence-electron chi connectivity index (χ4n) is 3.34. The molecule has 0 bridgehead atoms. The molecule has 2 aromatic carbocycles. The highest BCUT2D eigenvalue weighted by atomic mass is 19.4. The molecule has 0 saturated carbocycles. The van der Waals surface area contributed by atoms with Crippen LogP contribution in [0.1, 0.15) is 35.7 Å². The maximum Gasteiger partial charge on any atom is 0.416 e. The summed E-state index contributed by atoms with van der Waals surface area (Å²) in [5, 5.41) is 2.64. The molecule has 1 saturated heterocycles. The predicted molar refractivity (Wildman–Crippen MR) is 116 cm³/mol. The van der Waals surface area contributed by atoms with Gasteiger partial charge >= 0.3 is 6.18 Å². The van der Waals surface area contributed by atoms with Gasteiger partial charge in [-0.25, -0.2) is 0 Å². The zero-order chi connectivity index (χ0) is 23.1. The predicted octanol–water partition coefficient (Wildman–Crippen LogP) is 4.98. The lowest BCUT2D eigenvalue weighted by Crippen LogP contribution is -2.36. The topological polar surface area (TPSA) is 60.0 Å². The van der Waals surface area contributed by atoms with Gasteiger partial charge in [0.15, 0.2) is 11.5 Å². The Bertz CT molecular complexity index is 928. The number of anilines is 2. The fourth-order valence-corrected chi connectivity index (χ4v) is 3.34. The number of halogens is 3. The highest BCUT2D eigenvalue weighted by molar-refractivity contribution is 6.06. The molecule has 1 aliphatic heterocycles. The number of morpholine rings is 1. The minimum Gasteiger partial charge on any atom is -0.493 e. The molecule has 0 aromatic heterocycles. The lowest BCUT2D eigenvalue weighted by molar-refractivity contribution is -0.137. The number of methoxy groups -OCH3 is 1. The maximum absolute atomic E-state index is 13.3. The molecular formula is C23H27F3N2O4. The molecule has 1 aliphatic rings. The quantitative estimate of drug-likeness (QED) is 0.573. The number of hydrogen-bond acceptors (Lipinski definition) is 5. The van der Waals surface area contributed by atoms with Gasteiger partial charge in [-0.2, -0.15) is 13.2 Å². The molecule has 1 amide bonds. The lowest BCUT2D eigenvalue weighted by atomic mass is 10.1. The number of carbonyl (C=O) groups excluding carboxylic acids is 1. The molecule has 174 valence electrons. The van der Waals surface area contributed by atoms with Crippen LogP contribution < -0.4 is 19.7 Å². The molecule has 0 spiro atoms. The van der Waals surface area contributed by atoms with Gasteiger partial charge in [0.1, 0.15) is 0 Å². The number of carbonyl (C=O) groups is 1. The van der Waals surface area contributed by atoms with Crippen molar-refractivity contribution in [3.63, 3.8) is 0 Å². The summed E-state index contributed by atoms with van der Waals surface area (Å²) >= 11 is 0. The number of rotatable bonds is 8. The summed E-state index contributed by atoms with van der Waals surface area (Å²) in [6, 6.07) is 8.06. The Morgan fingerprint density at radius 1 is 1.12 bits per heavy atom. The van der Waals surface area contributed by atoms with Crippen LogP contribution in [0.5, 0.6) is 11.5 Å². The minimum atomic E-state index is -4.52. The van der Waals surface area contributed by atoms with Crippen molar-refractivity contribution in [3.05, 3.63) is 47.5 Å².